The molecule has 1 heterocycles. The number of anilines is 1. The van der Waals surface area contributed by atoms with Gasteiger partial charge in [-0.25, -0.2) is 0 Å². The Morgan fingerprint density at radius 1 is 1.42 bits per heavy atom. The van der Waals surface area contributed by atoms with Crippen LogP contribution in [0.4, 0.5) is 14.5 Å². The standard InChI is InChI=1S/C13H16F2N2O2/c1-8-6-16-7-9(8)12(18)17-10-4-2-3-5-11(10)19-13(14)15/h2-5,8-9,13,16H,6-7H2,1H3,(H,17,18). The summed E-state index contributed by atoms with van der Waals surface area (Å²) in [6.45, 7) is 0.453. The van der Waals surface area contributed by atoms with E-state index >= 15 is 0 Å². The Morgan fingerprint density at radius 3 is 2.79 bits per heavy atom. The molecule has 1 aliphatic heterocycles. The van der Waals surface area contributed by atoms with Crippen molar-refractivity contribution in [3.8, 4) is 5.75 Å². The lowest BCUT2D eigenvalue weighted by Crippen LogP contribution is -2.28. The minimum atomic E-state index is -2.91. The number of carbonyl (C=O) groups excluding carboxylic acids is 1. The molecular formula is C13H16F2N2O2. The molecule has 1 aromatic carbocycles. The van der Waals surface area contributed by atoms with E-state index in [4.69, 9.17) is 0 Å². The van der Waals surface area contributed by atoms with Gasteiger partial charge in [-0.2, -0.15) is 8.78 Å². The quantitative estimate of drug-likeness (QED) is 0.880. The molecule has 0 spiro atoms. The molecule has 2 rings (SSSR count). The molecule has 0 saturated carbocycles. The van der Waals surface area contributed by atoms with Gasteiger partial charge in [0.1, 0.15) is 5.75 Å². The van der Waals surface area contributed by atoms with Crippen molar-refractivity contribution in [3.63, 3.8) is 0 Å². The summed E-state index contributed by atoms with van der Waals surface area (Å²) in [6, 6.07) is 6.18. The van der Waals surface area contributed by atoms with Gasteiger partial charge >= 0.3 is 6.61 Å². The van der Waals surface area contributed by atoms with Crippen LogP contribution in [0.3, 0.4) is 0 Å². The molecule has 0 aliphatic carbocycles. The summed E-state index contributed by atoms with van der Waals surface area (Å²) in [5.41, 5.74) is 0.270. The maximum Gasteiger partial charge on any atom is 0.387 e. The van der Waals surface area contributed by atoms with Gasteiger partial charge in [0.15, 0.2) is 0 Å². The molecule has 0 aromatic heterocycles. The maximum atomic E-state index is 12.3. The Morgan fingerprint density at radius 2 is 2.16 bits per heavy atom. The van der Waals surface area contributed by atoms with Crippen LogP contribution in [0.2, 0.25) is 0 Å². The van der Waals surface area contributed by atoms with E-state index in [2.05, 4.69) is 15.4 Å². The lowest BCUT2D eigenvalue weighted by molar-refractivity contribution is -0.120. The Kier molecular flexibility index (Phi) is 4.31. The topological polar surface area (TPSA) is 50.4 Å². The first-order chi connectivity index (χ1) is 9.08. The van der Waals surface area contributed by atoms with Gasteiger partial charge in [-0.1, -0.05) is 19.1 Å². The van der Waals surface area contributed by atoms with Crippen LogP contribution in [-0.2, 0) is 4.79 Å². The molecule has 1 aromatic rings. The molecule has 2 N–H and O–H groups in total. The van der Waals surface area contributed by atoms with Crippen LogP contribution in [0.1, 0.15) is 6.92 Å². The van der Waals surface area contributed by atoms with Crippen molar-refractivity contribution in [2.24, 2.45) is 11.8 Å². The van der Waals surface area contributed by atoms with Gasteiger partial charge in [0.25, 0.3) is 0 Å². The van der Waals surface area contributed by atoms with Gasteiger partial charge in [0.2, 0.25) is 5.91 Å². The average molecular weight is 270 g/mol. The summed E-state index contributed by atoms with van der Waals surface area (Å²) in [6.07, 6.45) is 0. The number of rotatable bonds is 4. The molecule has 1 aliphatic rings. The van der Waals surface area contributed by atoms with Crippen LogP contribution >= 0.6 is 0 Å². The highest BCUT2D eigenvalue weighted by atomic mass is 19.3. The highest BCUT2D eigenvalue weighted by molar-refractivity contribution is 5.94. The smallest absolute Gasteiger partial charge is 0.387 e. The van der Waals surface area contributed by atoms with Gasteiger partial charge in [-0.15, -0.1) is 0 Å². The van der Waals surface area contributed by atoms with E-state index < -0.39 is 6.61 Å². The summed E-state index contributed by atoms with van der Waals surface area (Å²) in [5.74, 6) is -0.130. The van der Waals surface area contributed by atoms with Gasteiger partial charge in [0.05, 0.1) is 11.6 Å². The second kappa shape index (κ2) is 5.97. The molecule has 19 heavy (non-hydrogen) atoms. The maximum absolute atomic E-state index is 12.3. The number of hydrogen-bond acceptors (Lipinski definition) is 3. The predicted molar refractivity (Wildman–Crippen MR) is 67.2 cm³/mol. The molecule has 1 fully saturated rings. The van der Waals surface area contributed by atoms with Gasteiger partial charge in [-0.05, 0) is 24.6 Å². The first-order valence-electron chi connectivity index (χ1n) is 6.13. The number of alkyl halides is 2. The van der Waals surface area contributed by atoms with Crippen molar-refractivity contribution in [2.45, 2.75) is 13.5 Å². The summed E-state index contributed by atoms with van der Waals surface area (Å²) in [4.78, 5) is 12.1. The van der Waals surface area contributed by atoms with Gasteiger partial charge in [-0.3, -0.25) is 4.79 Å². The Hall–Kier alpha value is -1.69. The van der Waals surface area contributed by atoms with Gasteiger partial charge < -0.3 is 15.4 Å². The zero-order valence-corrected chi connectivity index (χ0v) is 10.5. The fourth-order valence-electron chi connectivity index (χ4n) is 2.16. The third-order valence-electron chi connectivity index (χ3n) is 3.22. The second-order valence-corrected chi connectivity index (χ2v) is 4.61. The lowest BCUT2D eigenvalue weighted by Gasteiger charge is -2.16. The molecule has 104 valence electrons. The summed E-state index contributed by atoms with van der Waals surface area (Å²) < 4.78 is 28.9. The number of hydrogen-bond donors (Lipinski definition) is 2. The molecule has 4 nitrogen and oxygen atoms in total. The molecule has 0 bridgehead atoms. The van der Waals surface area contributed by atoms with Crippen molar-refractivity contribution in [2.75, 3.05) is 18.4 Å². The Bertz CT molecular complexity index is 454. The van der Waals surface area contributed by atoms with E-state index in [9.17, 15) is 13.6 Å². The number of amides is 1. The van der Waals surface area contributed by atoms with Crippen molar-refractivity contribution < 1.29 is 18.3 Å². The zero-order valence-electron chi connectivity index (χ0n) is 10.5. The summed E-state index contributed by atoms with van der Waals surface area (Å²) >= 11 is 0. The van der Waals surface area contributed by atoms with E-state index in [0.717, 1.165) is 6.54 Å². The van der Waals surface area contributed by atoms with Crippen LogP contribution in [0.5, 0.6) is 5.75 Å². The normalized spacial score (nSPS) is 22.5. The molecule has 1 amide bonds. The van der Waals surface area contributed by atoms with Gasteiger partial charge in [0, 0.05) is 6.54 Å². The SMILES string of the molecule is CC1CNCC1C(=O)Nc1ccccc1OC(F)F. The average Bonchev–Trinajstić information content (AvgIpc) is 2.77. The Balaban J connectivity index is 2.08. The molecule has 6 heteroatoms. The second-order valence-electron chi connectivity index (χ2n) is 4.61. The van der Waals surface area contributed by atoms with E-state index in [1.807, 2.05) is 6.92 Å². The number of carbonyl (C=O) groups is 1. The van der Waals surface area contributed by atoms with Crippen LogP contribution in [0.25, 0.3) is 0 Å². The van der Waals surface area contributed by atoms with E-state index in [0.29, 0.717) is 6.54 Å². The highest BCUT2D eigenvalue weighted by Crippen LogP contribution is 2.27. The Labute approximate surface area is 110 Å². The van der Waals surface area contributed by atoms with Crippen LogP contribution in [0, 0.1) is 11.8 Å². The number of benzene rings is 1. The molecule has 2 unspecified atom stereocenters. The van der Waals surface area contributed by atoms with Crippen molar-refractivity contribution in [1.29, 1.82) is 0 Å². The molecule has 0 radical (unpaired) electrons. The summed E-state index contributed by atoms with van der Waals surface area (Å²) in [7, 11) is 0. The van der Waals surface area contributed by atoms with Crippen molar-refractivity contribution in [1.82, 2.24) is 5.32 Å². The minimum absolute atomic E-state index is 0.0236. The fraction of sp³-hybridized carbons (Fsp3) is 0.462. The number of ether oxygens (including phenoxy) is 1. The van der Waals surface area contributed by atoms with Crippen LogP contribution in [-0.4, -0.2) is 25.6 Å². The van der Waals surface area contributed by atoms with Crippen LogP contribution in [0.15, 0.2) is 24.3 Å². The number of halogens is 2. The summed E-state index contributed by atoms with van der Waals surface area (Å²) in [5, 5.41) is 5.77. The molecule has 2 atom stereocenters. The monoisotopic (exact) mass is 270 g/mol. The van der Waals surface area contributed by atoms with E-state index in [1.165, 1.54) is 6.07 Å². The van der Waals surface area contributed by atoms with E-state index in [-0.39, 0.29) is 29.2 Å². The third kappa shape index (κ3) is 3.41. The van der Waals surface area contributed by atoms with E-state index in [1.54, 1.807) is 18.2 Å². The first-order valence-corrected chi connectivity index (χ1v) is 6.13. The molecular weight excluding hydrogens is 254 g/mol. The van der Waals surface area contributed by atoms with Crippen molar-refractivity contribution >= 4 is 11.6 Å². The first kappa shape index (κ1) is 13.7. The van der Waals surface area contributed by atoms with Crippen molar-refractivity contribution in [3.05, 3.63) is 24.3 Å². The minimum Gasteiger partial charge on any atom is -0.433 e. The largest absolute Gasteiger partial charge is 0.433 e. The highest BCUT2D eigenvalue weighted by Gasteiger charge is 2.30. The zero-order chi connectivity index (χ0) is 13.8. The third-order valence-corrected chi connectivity index (χ3v) is 3.22. The predicted octanol–water partition coefficient (Wildman–Crippen LogP) is 2.08. The van der Waals surface area contributed by atoms with Crippen LogP contribution < -0.4 is 15.4 Å². The number of para-hydroxylation sites is 2. The number of nitrogens with one attached hydrogen (secondary N) is 2. The molecule has 1 saturated heterocycles. The lowest BCUT2D eigenvalue weighted by atomic mass is 9.97. The fourth-order valence-corrected chi connectivity index (χ4v) is 2.16.